The van der Waals surface area contributed by atoms with E-state index in [2.05, 4.69) is 5.32 Å². The van der Waals surface area contributed by atoms with Crippen LogP contribution in [0.25, 0.3) is 0 Å². The number of carboxylic acid groups (broad SMARTS) is 1. The third-order valence-electron chi connectivity index (χ3n) is 2.59. The van der Waals surface area contributed by atoms with Crippen molar-refractivity contribution in [2.45, 2.75) is 17.8 Å². The fraction of sp³-hybridized carbons (Fsp3) is 0.364. The summed E-state index contributed by atoms with van der Waals surface area (Å²) in [5, 5.41) is 13.1. The molecule has 1 heterocycles. The highest BCUT2D eigenvalue weighted by Gasteiger charge is 2.28. The number of rotatable bonds is 2. The van der Waals surface area contributed by atoms with Gasteiger partial charge in [0.25, 0.3) is 0 Å². The predicted molar refractivity (Wildman–Crippen MR) is 70.8 cm³/mol. The van der Waals surface area contributed by atoms with Crippen LogP contribution in [0.3, 0.4) is 0 Å². The molecule has 2 N–H and O–H groups in total. The normalized spacial score (nSPS) is 24.6. The van der Waals surface area contributed by atoms with E-state index in [1.807, 2.05) is 6.07 Å². The molecule has 2 rings (SSSR count). The Morgan fingerprint density at radius 3 is 2.88 bits per heavy atom. The van der Waals surface area contributed by atoms with Gasteiger partial charge in [0, 0.05) is 10.0 Å². The molecule has 2 atom stereocenters. The minimum atomic E-state index is -0.819. The van der Waals surface area contributed by atoms with E-state index in [0.717, 1.165) is 11.3 Å². The Labute approximate surface area is 113 Å². The molecular weight excluding hydrogens is 281 g/mol. The smallest absolute Gasteiger partial charge is 0.320 e. The lowest BCUT2D eigenvalue weighted by molar-refractivity contribution is -0.139. The van der Waals surface area contributed by atoms with Crippen LogP contribution in [0.4, 0.5) is 0 Å². The number of aliphatic carboxylic acids is 1. The molecule has 1 aromatic carbocycles. The summed E-state index contributed by atoms with van der Waals surface area (Å²) in [6, 6.07) is 4.76. The maximum absolute atomic E-state index is 10.9. The molecule has 92 valence electrons. The highest BCUT2D eigenvalue weighted by Crippen LogP contribution is 2.36. The average molecular weight is 292 g/mol. The maximum atomic E-state index is 10.9. The number of carboxylic acids is 1. The molecule has 1 saturated heterocycles. The molecule has 1 fully saturated rings. The van der Waals surface area contributed by atoms with E-state index in [0.29, 0.717) is 16.5 Å². The molecule has 0 aromatic heterocycles. The monoisotopic (exact) mass is 291 g/mol. The summed E-state index contributed by atoms with van der Waals surface area (Å²) in [6.45, 7) is 0. The standard InChI is InChI=1S/C11H11Cl2NO2S/c12-6-1-2-7(8(13)5-6)10-14-9(11(15)16)3-4-17-10/h1-2,5,9-10,14H,3-4H2,(H,15,16). The summed E-state index contributed by atoms with van der Waals surface area (Å²) in [6.07, 6.45) is 0.627. The largest absolute Gasteiger partial charge is 0.480 e. The van der Waals surface area contributed by atoms with Crippen molar-refractivity contribution in [2.24, 2.45) is 0 Å². The molecule has 3 nitrogen and oxygen atoms in total. The van der Waals surface area contributed by atoms with E-state index < -0.39 is 12.0 Å². The molecule has 0 saturated carbocycles. The van der Waals surface area contributed by atoms with Crippen LogP contribution in [0.5, 0.6) is 0 Å². The van der Waals surface area contributed by atoms with Gasteiger partial charge in [-0.2, -0.15) is 0 Å². The maximum Gasteiger partial charge on any atom is 0.320 e. The van der Waals surface area contributed by atoms with Crippen LogP contribution >= 0.6 is 35.0 Å². The topological polar surface area (TPSA) is 49.3 Å². The molecular formula is C11H11Cl2NO2S. The summed E-state index contributed by atoms with van der Waals surface area (Å²) < 4.78 is 0. The van der Waals surface area contributed by atoms with Gasteiger partial charge >= 0.3 is 5.97 Å². The second-order valence-electron chi connectivity index (χ2n) is 3.76. The van der Waals surface area contributed by atoms with Gasteiger partial charge in [0.1, 0.15) is 6.04 Å². The molecule has 0 spiro atoms. The van der Waals surface area contributed by atoms with E-state index in [9.17, 15) is 4.79 Å². The van der Waals surface area contributed by atoms with Crippen molar-refractivity contribution in [2.75, 3.05) is 5.75 Å². The highest BCUT2D eigenvalue weighted by molar-refractivity contribution is 7.99. The summed E-state index contributed by atoms with van der Waals surface area (Å²) >= 11 is 13.6. The van der Waals surface area contributed by atoms with Crippen molar-refractivity contribution >= 4 is 40.9 Å². The van der Waals surface area contributed by atoms with Crippen LogP contribution in [0.1, 0.15) is 17.4 Å². The first kappa shape index (κ1) is 13.0. The summed E-state index contributed by atoms with van der Waals surface area (Å²) in [7, 11) is 0. The zero-order chi connectivity index (χ0) is 12.4. The van der Waals surface area contributed by atoms with Gasteiger partial charge < -0.3 is 5.11 Å². The number of hydrogen-bond donors (Lipinski definition) is 2. The molecule has 17 heavy (non-hydrogen) atoms. The van der Waals surface area contributed by atoms with Crippen molar-refractivity contribution in [3.63, 3.8) is 0 Å². The number of thioether (sulfide) groups is 1. The van der Waals surface area contributed by atoms with E-state index in [4.69, 9.17) is 28.3 Å². The van der Waals surface area contributed by atoms with Gasteiger partial charge in [0.05, 0.1) is 5.37 Å². The summed E-state index contributed by atoms with van der Waals surface area (Å²) in [4.78, 5) is 10.9. The zero-order valence-corrected chi connectivity index (χ0v) is 11.1. The molecule has 1 aliphatic rings. The second-order valence-corrected chi connectivity index (χ2v) is 5.82. The lowest BCUT2D eigenvalue weighted by atomic mass is 10.1. The minimum absolute atomic E-state index is 0.0883. The Kier molecular flexibility index (Phi) is 4.20. The van der Waals surface area contributed by atoms with E-state index >= 15 is 0 Å². The Hall–Kier alpha value is -0.420. The number of benzene rings is 1. The Morgan fingerprint density at radius 1 is 1.47 bits per heavy atom. The van der Waals surface area contributed by atoms with Gasteiger partial charge in [-0.15, -0.1) is 11.8 Å². The van der Waals surface area contributed by atoms with Crippen LogP contribution in [-0.4, -0.2) is 22.9 Å². The molecule has 6 heteroatoms. The van der Waals surface area contributed by atoms with E-state index in [-0.39, 0.29) is 5.37 Å². The van der Waals surface area contributed by atoms with Crippen LogP contribution in [0, 0.1) is 0 Å². The second kappa shape index (κ2) is 5.48. The molecule has 0 radical (unpaired) electrons. The third-order valence-corrected chi connectivity index (χ3v) is 4.34. The molecule has 1 aromatic rings. The Bertz CT molecular complexity index is 441. The lowest BCUT2D eigenvalue weighted by Crippen LogP contribution is -2.41. The van der Waals surface area contributed by atoms with Crippen molar-refractivity contribution in [1.29, 1.82) is 0 Å². The van der Waals surface area contributed by atoms with Crippen molar-refractivity contribution in [3.8, 4) is 0 Å². The fourth-order valence-electron chi connectivity index (χ4n) is 1.71. The molecule has 1 aliphatic heterocycles. The van der Waals surface area contributed by atoms with Gasteiger partial charge in [0.2, 0.25) is 0 Å². The van der Waals surface area contributed by atoms with Gasteiger partial charge in [0.15, 0.2) is 0 Å². The van der Waals surface area contributed by atoms with Gasteiger partial charge in [-0.25, -0.2) is 0 Å². The third kappa shape index (κ3) is 3.07. The van der Waals surface area contributed by atoms with Crippen LogP contribution in [0.15, 0.2) is 18.2 Å². The summed E-state index contributed by atoms with van der Waals surface area (Å²) in [5.74, 6) is -0.0199. The first-order valence-corrected chi connectivity index (χ1v) is 6.94. The molecule has 0 bridgehead atoms. The first-order chi connectivity index (χ1) is 8.08. The number of hydrogen-bond acceptors (Lipinski definition) is 3. The highest BCUT2D eigenvalue weighted by atomic mass is 35.5. The molecule has 0 amide bonds. The Balaban J connectivity index is 2.19. The van der Waals surface area contributed by atoms with Crippen LogP contribution < -0.4 is 5.32 Å². The number of nitrogens with one attached hydrogen (secondary N) is 1. The van der Waals surface area contributed by atoms with Gasteiger partial charge in [-0.1, -0.05) is 29.3 Å². The van der Waals surface area contributed by atoms with Gasteiger partial charge in [-0.05, 0) is 29.9 Å². The minimum Gasteiger partial charge on any atom is -0.480 e. The van der Waals surface area contributed by atoms with Crippen molar-refractivity contribution in [3.05, 3.63) is 33.8 Å². The first-order valence-electron chi connectivity index (χ1n) is 5.13. The SMILES string of the molecule is O=C(O)C1CCSC(c2ccc(Cl)cc2Cl)N1. The molecule has 2 unspecified atom stereocenters. The molecule has 0 aliphatic carbocycles. The van der Waals surface area contributed by atoms with E-state index in [1.165, 1.54) is 0 Å². The predicted octanol–water partition coefficient (Wildman–Crippen LogP) is 3.17. The quantitative estimate of drug-likeness (QED) is 0.879. The van der Waals surface area contributed by atoms with Crippen molar-refractivity contribution in [1.82, 2.24) is 5.32 Å². The number of halogens is 2. The Morgan fingerprint density at radius 2 is 2.24 bits per heavy atom. The van der Waals surface area contributed by atoms with Gasteiger partial charge in [-0.3, -0.25) is 10.1 Å². The lowest BCUT2D eigenvalue weighted by Gasteiger charge is -2.29. The van der Waals surface area contributed by atoms with Crippen LogP contribution in [-0.2, 0) is 4.79 Å². The van der Waals surface area contributed by atoms with Crippen molar-refractivity contribution < 1.29 is 9.90 Å². The number of carbonyl (C=O) groups is 1. The van der Waals surface area contributed by atoms with E-state index in [1.54, 1.807) is 23.9 Å². The zero-order valence-electron chi connectivity index (χ0n) is 8.82. The fourth-order valence-corrected chi connectivity index (χ4v) is 3.54. The van der Waals surface area contributed by atoms with Crippen LogP contribution in [0.2, 0.25) is 10.0 Å². The average Bonchev–Trinajstić information content (AvgIpc) is 2.29. The summed E-state index contributed by atoms with van der Waals surface area (Å²) in [5.41, 5.74) is 0.881.